The first-order chi connectivity index (χ1) is 15.6. The highest BCUT2D eigenvalue weighted by molar-refractivity contribution is 5.77. The SMILES string of the molecule is Cc1nccn1-c1ccc(CNC(=O)COC(c2ccccc2)c2ccccc2)cc1F. The zero-order valence-corrected chi connectivity index (χ0v) is 17.7. The van der Waals surface area contributed by atoms with E-state index in [2.05, 4.69) is 10.3 Å². The maximum atomic E-state index is 14.6. The number of hydrogen-bond acceptors (Lipinski definition) is 3. The second-order valence-corrected chi connectivity index (χ2v) is 7.42. The molecule has 32 heavy (non-hydrogen) atoms. The van der Waals surface area contributed by atoms with Crippen molar-refractivity contribution < 1.29 is 13.9 Å². The number of halogens is 1. The summed E-state index contributed by atoms with van der Waals surface area (Å²) < 4.78 is 22.2. The number of amides is 1. The molecule has 0 fully saturated rings. The van der Waals surface area contributed by atoms with Crippen molar-refractivity contribution in [3.63, 3.8) is 0 Å². The zero-order valence-electron chi connectivity index (χ0n) is 17.7. The Bertz CT molecular complexity index is 1140. The molecule has 4 aromatic rings. The molecule has 0 spiro atoms. The highest BCUT2D eigenvalue weighted by atomic mass is 19.1. The summed E-state index contributed by atoms with van der Waals surface area (Å²) in [5.41, 5.74) is 3.03. The molecule has 0 saturated heterocycles. The number of imidazole rings is 1. The number of benzene rings is 3. The molecule has 5 nitrogen and oxygen atoms in total. The van der Waals surface area contributed by atoms with E-state index in [1.165, 1.54) is 6.07 Å². The Balaban J connectivity index is 1.37. The maximum absolute atomic E-state index is 14.6. The molecule has 0 radical (unpaired) electrons. The number of carbonyl (C=O) groups is 1. The average molecular weight is 429 g/mol. The largest absolute Gasteiger partial charge is 0.359 e. The van der Waals surface area contributed by atoms with Crippen molar-refractivity contribution in [2.24, 2.45) is 0 Å². The Morgan fingerprint density at radius 3 is 2.25 bits per heavy atom. The molecule has 0 unspecified atom stereocenters. The Kier molecular flexibility index (Phi) is 6.72. The van der Waals surface area contributed by atoms with Crippen LogP contribution in [0.2, 0.25) is 0 Å². The molecule has 0 aliphatic heterocycles. The van der Waals surface area contributed by atoms with Gasteiger partial charge in [-0.1, -0.05) is 66.7 Å². The molecule has 1 N–H and O–H groups in total. The Morgan fingerprint density at radius 2 is 1.69 bits per heavy atom. The van der Waals surface area contributed by atoms with Gasteiger partial charge >= 0.3 is 0 Å². The summed E-state index contributed by atoms with van der Waals surface area (Å²) in [6.07, 6.45) is 2.99. The molecule has 1 amide bonds. The van der Waals surface area contributed by atoms with E-state index >= 15 is 0 Å². The van der Waals surface area contributed by atoms with Gasteiger partial charge < -0.3 is 14.6 Å². The molecule has 3 aromatic carbocycles. The highest BCUT2D eigenvalue weighted by Crippen LogP contribution is 2.25. The van der Waals surface area contributed by atoms with Crippen molar-refractivity contribution in [1.29, 1.82) is 0 Å². The van der Waals surface area contributed by atoms with E-state index < -0.39 is 0 Å². The molecule has 1 aromatic heterocycles. The van der Waals surface area contributed by atoms with Gasteiger partial charge in [0.1, 0.15) is 24.4 Å². The minimum absolute atomic E-state index is 0.108. The van der Waals surface area contributed by atoms with E-state index in [4.69, 9.17) is 4.74 Å². The molecule has 6 heteroatoms. The number of aromatic nitrogens is 2. The lowest BCUT2D eigenvalue weighted by Crippen LogP contribution is -2.28. The fourth-order valence-electron chi connectivity index (χ4n) is 3.54. The van der Waals surface area contributed by atoms with Crippen LogP contribution >= 0.6 is 0 Å². The van der Waals surface area contributed by atoms with Crippen molar-refractivity contribution in [3.05, 3.63) is 120 Å². The van der Waals surface area contributed by atoms with Gasteiger partial charge in [0.05, 0.1) is 5.69 Å². The third-order valence-electron chi connectivity index (χ3n) is 5.17. The first kappa shape index (κ1) is 21.5. The summed E-state index contributed by atoms with van der Waals surface area (Å²) in [6.45, 7) is 1.92. The normalized spacial score (nSPS) is 11.0. The number of nitrogens with zero attached hydrogens (tertiary/aromatic N) is 2. The standard InChI is InChI=1S/C26H24FN3O2/c1-19-28-14-15-30(19)24-13-12-20(16-23(24)27)17-29-25(31)18-32-26(21-8-4-2-5-9-21)22-10-6-3-7-11-22/h2-16,26H,17-18H2,1H3,(H,29,31). The molecule has 4 rings (SSSR count). The molecule has 0 aliphatic carbocycles. The van der Waals surface area contributed by atoms with E-state index in [1.54, 1.807) is 29.1 Å². The predicted octanol–water partition coefficient (Wildman–Crippen LogP) is 4.74. The van der Waals surface area contributed by atoms with Crippen molar-refractivity contribution in [2.75, 3.05) is 6.61 Å². The summed E-state index contributed by atoms with van der Waals surface area (Å²) in [6, 6.07) is 24.4. The van der Waals surface area contributed by atoms with Crippen LogP contribution in [0.25, 0.3) is 5.69 Å². The van der Waals surface area contributed by atoms with E-state index in [1.807, 2.05) is 67.6 Å². The van der Waals surface area contributed by atoms with Crippen molar-refractivity contribution in [1.82, 2.24) is 14.9 Å². The number of ether oxygens (including phenoxy) is 1. The first-order valence-corrected chi connectivity index (χ1v) is 10.4. The lowest BCUT2D eigenvalue weighted by atomic mass is 10.0. The minimum Gasteiger partial charge on any atom is -0.359 e. The number of carbonyl (C=O) groups excluding carboxylic acids is 1. The summed E-state index contributed by atoms with van der Waals surface area (Å²) >= 11 is 0. The fraction of sp³-hybridized carbons (Fsp3) is 0.154. The van der Waals surface area contributed by atoms with Crippen LogP contribution < -0.4 is 5.32 Å². The van der Waals surface area contributed by atoms with Gasteiger partial charge in [-0.3, -0.25) is 4.79 Å². The van der Waals surface area contributed by atoms with Gasteiger partial charge in [0.15, 0.2) is 0 Å². The average Bonchev–Trinajstić information content (AvgIpc) is 3.25. The van der Waals surface area contributed by atoms with Crippen LogP contribution in [-0.4, -0.2) is 22.1 Å². The van der Waals surface area contributed by atoms with Crippen molar-refractivity contribution >= 4 is 5.91 Å². The Labute approximate surface area is 186 Å². The quantitative estimate of drug-likeness (QED) is 0.440. The van der Waals surface area contributed by atoms with Crippen molar-refractivity contribution in [3.8, 4) is 5.69 Å². The summed E-state index contributed by atoms with van der Waals surface area (Å²) in [5, 5.41) is 2.80. The third kappa shape index (κ3) is 5.10. The molecule has 0 saturated carbocycles. The van der Waals surface area contributed by atoms with E-state index in [0.717, 1.165) is 11.1 Å². The highest BCUT2D eigenvalue weighted by Gasteiger charge is 2.16. The van der Waals surface area contributed by atoms with Crippen LogP contribution in [0.1, 0.15) is 28.6 Å². The zero-order chi connectivity index (χ0) is 22.3. The number of hydrogen-bond donors (Lipinski definition) is 1. The molecule has 0 atom stereocenters. The molecule has 162 valence electrons. The van der Waals surface area contributed by atoms with E-state index in [-0.39, 0.29) is 31.0 Å². The Hall–Kier alpha value is -3.77. The fourth-order valence-corrected chi connectivity index (χ4v) is 3.54. The molecule has 1 heterocycles. The third-order valence-corrected chi connectivity index (χ3v) is 5.17. The second kappa shape index (κ2) is 10.0. The van der Waals surface area contributed by atoms with Gasteiger partial charge in [-0.05, 0) is 35.7 Å². The van der Waals surface area contributed by atoms with Crippen LogP contribution in [0.5, 0.6) is 0 Å². The maximum Gasteiger partial charge on any atom is 0.246 e. The molecule has 0 bridgehead atoms. The van der Waals surface area contributed by atoms with Crippen LogP contribution in [0.3, 0.4) is 0 Å². The second-order valence-electron chi connectivity index (χ2n) is 7.42. The summed E-state index contributed by atoms with van der Waals surface area (Å²) in [4.78, 5) is 16.5. The Morgan fingerprint density at radius 1 is 1.03 bits per heavy atom. The van der Waals surface area contributed by atoms with Gasteiger partial charge in [0.25, 0.3) is 0 Å². The number of nitrogens with one attached hydrogen (secondary N) is 1. The topological polar surface area (TPSA) is 56.2 Å². The van der Waals surface area contributed by atoms with E-state index in [9.17, 15) is 9.18 Å². The molecular formula is C26H24FN3O2. The minimum atomic E-state index is -0.373. The van der Waals surface area contributed by atoms with Crippen LogP contribution in [0.4, 0.5) is 4.39 Å². The summed E-state index contributed by atoms with van der Waals surface area (Å²) in [7, 11) is 0. The van der Waals surface area contributed by atoms with Gasteiger partial charge in [-0.15, -0.1) is 0 Å². The smallest absolute Gasteiger partial charge is 0.246 e. The van der Waals surface area contributed by atoms with E-state index in [0.29, 0.717) is 17.1 Å². The van der Waals surface area contributed by atoms with Crippen LogP contribution in [0, 0.1) is 12.7 Å². The lowest BCUT2D eigenvalue weighted by Gasteiger charge is -2.19. The molecule has 0 aliphatic rings. The monoisotopic (exact) mass is 429 g/mol. The van der Waals surface area contributed by atoms with Gasteiger partial charge in [-0.25, -0.2) is 9.37 Å². The van der Waals surface area contributed by atoms with Gasteiger partial charge in [0.2, 0.25) is 5.91 Å². The van der Waals surface area contributed by atoms with Crippen molar-refractivity contribution in [2.45, 2.75) is 19.6 Å². The predicted molar refractivity (Wildman–Crippen MR) is 121 cm³/mol. The van der Waals surface area contributed by atoms with Gasteiger partial charge in [-0.2, -0.15) is 0 Å². The number of rotatable bonds is 8. The van der Waals surface area contributed by atoms with Gasteiger partial charge in [0, 0.05) is 18.9 Å². The molecular weight excluding hydrogens is 405 g/mol. The number of aryl methyl sites for hydroxylation is 1. The first-order valence-electron chi connectivity index (χ1n) is 10.4. The lowest BCUT2D eigenvalue weighted by molar-refractivity contribution is -0.127. The summed E-state index contributed by atoms with van der Waals surface area (Å²) in [5.74, 6) is 0.0626. The van der Waals surface area contributed by atoms with Crippen LogP contribution in [-0.2, 0) is 16.1 Å². The van der Waals surface area contributed by atoms with Crippen LogP contribution in [0.15, 0.2) is 91.3 Å².